The molecule has 1 aliphatic rings. The molecule has 0 unspecified atom stereocenters. The number of nitrogens with zero attached hydrogens (tertiary/aromatic N) is 6. The zero-order valence-electron chi connectivity index (χ0n) is 19.3. The Kier molecular flexibility index (Phi) is 4.88. The van der Waals surface area contributed by atoms with Gasteiger partial charge in [-0.05, 0) is 31.0 Å². The Labute approximate surface area is 202 Å². The van der Waals surface area contributed by atoms with Gasteiger partial charge in [-0.2, -0.15) is 23.3 Å². The van der Waals surface area contributed by atoms with E-state index in [4.69, 9.17) is 9.47 Å². The lowest BCUT2D eigenvalue weighted by atomic mass is 9.91. The first-order chi connectivity index (χ1) is 17.3. The number of imidazole rings is 1. The third-order valence-corrected chi connectivity index (χ3v) is 6.45. The van der Waals surface area contributed by atoms with Crippen molar-refractivity contribution in [2.75, 3.05) is 14.2 Å². The monoisotopic (exact) mass is 495 g/mol. The number of aromatic nitrogens is 7. The second-order valence-electron chi connectivity index (χ2n) is 8.74. The van der Waals surface area contributed by atoms with Crippen LogP contribution in [0.1, 0.15) is 29.8 Å². The number of rotatable bonds is 6. The lowest BCUT2D eigenvalue weighted by Gasteiger charge is -2.18. The van der Waals surface area contributed by atoms with Crippen molar-refractivity contribution in [3.8, 4) is 23.1 Å². The Hall–Kier alpha value is -4.22. The number of alkyl halides is 3. The maximum absolute atomic E-state index is 12.9. The van der Waals surface area contributed by atoms with Gasteiger partial charge in [-0.3, -0.25) is 4.98 Å². The third-order valence-electron chi connectivity index (χ3n) is 6.45. The third kappa shape index (κ3) is 3.69. The first kappa shape index (κ1) is 22.3. The lowest BCUT2D eigenvalue weighted by Crippen LogP contribution is -2.14. The highest BCUT2D eigenvalue weighted by molar-refractivity contribution is 5.81. The molecule has 0 bridgehead atoms. The Bertz CT molecular complexity index is 1600. The number of fused-ring (bicyclic) bond motifs is 2. The molecule has 1 aliphatic carbocycles. The highest BCUT2D eigenvalue weighted by atomic mass is 19.4. The summed E-state index contributed by atoms with van der Waals surface area (Å²) in [7, 11) is 2.98. The smallest absolute Gasteiger partial charge is 0.394 e. The summed E-state index contributed by atoms with van der Waals surface area (Å²) in [6.45, 7) is 0. The first-order valence-corrected chi connectivity index (χ1v) is 11.1. The van der Waals surface area contributed by atoms with Crippen molar-refractivity contribution in [2.45, 2.75) is 30.9 Å². The van der Waals surface area contributed by atoms with E-state index in [1.807, 2.05) is 12.1 Å². The van der Waals surface area contributed by atoms with Crippen LogP contribution in [0.4, 0.5) is 13.2 Å². The van der Waals surface area contributed by atoms with E-state index >= 15 is 0 Å². The van der Waals surface area contributed by atoms with Crippen LogP contribution in [-0.4, -0.2) is 54.9 Å². The van der Waals surface area contributed by atoms with E-state index in [1.165, 1.54) is 20.3 Å². The van der Waals surface area contributed by atoms with Gasteiger partial charge >= 0.3 is 12.2 Å². The van der Waals surface area contributed by atoms with Crippen LogP contribution in [-0.2, 0) is 11.8 Å². The van der Waals surface area contributed by atoms with E-state index in [9.17, 15) is 13.2 Å². The van der Waals surface area contributed by atoms with E-state index in [-0.39, 0.29) is 11.7 Å². The van der Waals surface area contributed by atoms with E-state index in [2.05, 4.69) is 30.0 Å². The quantitative estimate of drug-likeness (QED) is 0.375. The minimum atomic E-state index is -4.29. The van der Waals surface area contributed by atoms with Crippen LogP contribution in [0.3, 0.4) is 0 Å². The maximum atomic E-state index is 12.9. The number of pyridine rings is 1. The Morgan fingerprint density at radius 3 is 2.61 bits per heavy atom. The number of nitrogens with one attached hydrogen (secondary N) is 1. The van der Waals surface area contributed by atoms with Crippen molar-refractivity contribution < 1.29 is 22.6 Å². The first-order valence-electron chi connectivity index (χ1n) is 11.1. The molecule has 5 aromatic rings. The molecule has 184 valence electrons. The Morgan fingerprint density at radius 1 is 1.06 bits per heavy atom. The maximum Gasteiger partial charge on any atom is 0.394 e. The van der Waals surface area contributed by atoms with Crippen molar-refractivity contribution in [3.63, 3.8) is 0 Å². The lowest BCUT2D eigenvalue weighted by molar-refractivity contribution is -0.127. The van der Waals surface area contributed by atoms with Gasteiger partial charge in [0.15, 0.2) is 5.65 Å². The number of ether oxygens (including phenoxy) is 2. The van der Waals surface area contributed by atoms with Crippen molar-refractivity contribution in [1.82, 2.24) is 34.5 Å². The zero-order chi connectivity index (χ0) is 25.1. The number of halogens is 3. The molecule has 6 rings (SSSR count). The molecule has 0 amide bonds. The Balaban J connectivity index is 1.47. The summed E-state index contributed by atoms with van der Waals surface area (Å²) in [6.07, 6.45) is 2.93. The molecule has 0 radical (unpaired) electrons. The normalized spacial score (nSPS) is 14.9. The fraction of sp³-hybridized carbons (Fsp3) is 0.292. The molecule has 5 aromatic heterocycles. The van der Waals surface area contributed by atoms with E-state index in [0.29, 0.717) is 33.7 Å². The molecule has 0 atom stereocenters. The standard InChI is InChI=1S/C24H20F3N7O2/c1-35-21-15(12-30-22(32-21)36-2)18-8-16(20-28-5-6-34(20)33-18)23(3-4-23)19-9-17-13(11-29-19)7-14(31-17)10-24(25,26)27/h5-9,11-12,31H,3-4,10H2,1-2H3. The second kappa shape index (κ2) is 7.90. The Morgan fingerprint density at radius 2 is 1.89 bits per heavy atom. The predicted molar refractivity (Wildman–Crippen MR) is 123 cm³/mol. The molecule has 0 saturated heterocycles. The van der Waals surface area contributed by atoms with Crippen molar-refractivity contribution >= 4 is 16.6 Å². The van der Waals surface area contributed by atoms with E-state index in [1.54, 1.807) is 29.3 Å². The molecule has 1 saturated carbocycles. The average molecular weight is 495 g/mol. The molecule has 0 aliphatic heterocycles. The van der Waals surface area contributed by atoms with E-state index < -0.39 is 18.0 Å². The van der Waals surface area contributed by atoms with Crippen LogP contribution >= 0.6 is 0 Å². The number of hydrogen-bond donors (Lipinski definition) is 1. The van der Waals surface area contributed by atoms with Crippen LogP contribution in [0, 0.1) is 0 Å². The van der Waals surface area contributed by atoms with Gasteiger partial charge in [0.05, 0.1) is 37.6 Å². The van der Waals surface area contributed by atoms with Crippen molar-refractivity contribution in [2.24, 2.45) is 0 Å². The number of H-pyrrole nitrogens is 1. The summed E-state index contributed by atoms with van der Waals surface area (Å²) in [5, 5.41) is 5.31. The second-order valence-corrected chi connectivity index (χ2v) is 8.74. The van der Waals surface area contributed by atoms with Gasteiger partial charge in [0.2, 0.25) is 5.88 Å². The number of aromatic amines is 1. The van der Waals surface area contributed by atoms with Gasteiger partial charge in [-0.25, -0.2) is 14.5 Å². The molecule has 0 aromatic carbocycles. The molecule has 1 fully saturated rings. The van der Waals surface area contributed by atoms with Gasteiger partial charge in [0, 0.05) is 52.4 Å². The van der Waals surface area contributed by atoms with Crippen LogP contribution in [0.2, 0.25) is 0 Å². The van der Waals surface area contributed by atoms with Crippen LogP contribution < -0.4 is 9.47 Å². The van der Waals surface area contributed by atoms with Crippen molar-refractivity contribution in [1.29, 1.82) is 0 Å². The van der Waals surface area contributed by atoms with Gasteiger partial charge in [-0.15, -0.1) is 0 Å². The van der Waals surface area contributed by atoms with Crippen LogP contribution in [0.25, 0.3) is 27.8 Å². The molecular weight excluding hydrogens is 475 g/mol. The topological polar surface area (TPSA) is 103 Å². The largest absolute Gasteiger partial charge is 0.480 e. The number of hydrogen-bond acceptors (Lipinski definition) is 7. The average Bonchev–Trinajstić information content (AvgIpc) is 3.35. The van der Waals surface area contributed by atoms with Gasteiger partial charge < -0.3 is 14.5 Å². The molecule has 36 heavy (non-hydrogen) atoms. The fourth-order valence-corrected chi connectivity index (χ4v) is 4.63. The molecule has 12 heteroatoms. The van der Waals surface area contributed by atoms with Crippen LogP contribution in [0.5, 0.6) is 11.9 Å². The van der Waals surface area contributed by atoms with Gasteiger partial charge in [0.25, 0.3) is 0 Å². The molecule has 5 heterocycles. The summed E-state index contributed by atoms with van der Waals surface area (Å²) in [5.41, 5.74) is 3.77. The summed E-state index contributed by atoms with van der Waals surface area (Å²) < 4.78 is 50.9. The van der Waals surface area contributed by atoms with Crippen molar-refractivity contribution in [3.05, 3.63) is 59.9 Å². The summed E-state index contributed by atoms with van der Waals surface area (Å²) in [6, 6.07) is 5.43. The molecular formula is C24H20F3N7O2. The highest BCUT2D eigenvalue weighted by Gasteiger charge is 2.49. The molecule has 1 N–H and O–H groups in total. The SMILES string of the molecule is COc1ncc(-c2cc(C3(c4cc5[nH]c(CC(F)(F)F)cc5cn4)CC3)c3nccn3n2)c(OC)n1. The van der Waals surface area contributed by atoms with Crippen LogP contribution in [0.15, 0.2) is 43.0 Å². The summed E-state index contributed by atoms with van der Waals surface area (Å²) in [4.78, 5) is 20.5. The van der Waals surface area contributed by atoms with Gasteiger partial charge in [-0.1, -0.05) is 0 Å². The highest BCUT2D eigenvalue weighted by Crippen LogP contribution is 2.54. The van der Waals surface area contributed by atoms with E-state index in [0.717, 1.165) is 24.1 Å². The minimum Gasteiger partial charge on any atom is -0.480 e. The van der Waals surface area contributed by atoms with Gasteiger partial charge in [0.1, 0.15) is 0 Å². The minimum absolute atomic E-state index is 0.106. The molecule has 9 nitrogen and oxygen atoms in total. The summed E-state index contributed by atoms with van der Waals surface area (Å²) >= 11 is 0. The molecule has 0 spiro atoms. The zero-order valence-corrected chi connectivity index (χ0v) is 19.3. The number of methoxy groups -OCH3 is 2. The fourth-order valence-electron chi connectivity index (χ4n) is 4.63. The summed E-state index contributed by atoms with van der Waals surface area (Å²) in [5.74, 6) is 0.313. The predicted octanol–water partition coefficient (Wildman–Crippen LogP) is 4.26.